The molecule has 1 amide bonds. The Bertz CT molecular complexity index is 1020. The van der Waals surface area contributed by atoms with Gasteiger partial charge < -0.3 is 5.32 Å². The van der Waals surface area contributed by atoms with Gasteiger partial charge in [0.1, 0.15) is 6.54 Å². The summed E-state index contributed by atoms with van der Waals surface area (Å²) in [5, 5.41) is 2.96. The molecule has 1 aliphatic rings. The van der Waals surface area contributed by atoms with E-state index in [2.05, 4.69) is 23.5 Å². The van der Waals surface area contributed by atoms with Crippen molar-refractivity contribution < 1.29 is 13.2 Å². The van der Waals surface area contributed by atoms with Gasteiger partial charge in [-0.3, -0.25) is 9.10 Å². The zero-order valence-corrected chi connectivity index (χ0v) is 18.7. The van der Waals surface area contributed by atoms with E-state index in [0.717, 1.165) is 41.4 Å². The van der Waals surface area contributed by atoms with Crippen molar-refractivity contribution in [3.63, 3.8) is 0 Å². The highest BCUT2D eigenvalue weighted by molar-refractivity contribution is 7.92. The second kappa shape index (κ2) is 8.19. The largest absolute Gasteiger partial charge is 0.348 e. The Morgan fingerprint density at radius 3 is 2.31 bits per heavy atom. The first kappa shape index (κ1) is 21.4. The van der Waals surface area contributed by atoms with Gasteiger partial charge in [-0.15, -0.1) is 0 Å². The Kier molecular flexibility index (Phi) is 6.03. The molecule has 0 aromatic heterocycles. The third kappa shape index (κ3) is 4.81. The number of hydrogen-bond donors (Lipinski definition) is 1. The Balaban J connectivity index is 1.79. The van der Waals surface area contributed by atoms with E-state index in [4.69, 9.17) is 0 Å². The van der Waals surface area contributed by atoms with E-state index >= 15 is 0 Å². The Hall–Kier alpha value is -2.34. The lowest BCUT2D eigenvalue weighted by molar-refractivity contribution is -0.120. The van der Waals surface area contributed by atoms with Crippen LogP contribution in [0.1, 0.15) is 52.8 Å². The van der Waals surface area contributed by atoms with Gasteiger partial charge in [-0.1, -0.05) is 35.9 Å². The quantitative estimate of drug-likeness (QED) is 0.783. The molecule has 0 radical (unpaired) electrons. The molecule has 2 aromatic rings. The molecule has 3 rings (SSSR count). The van der Waals surface area contributed by atoms with Crippen LogP contribution in [0.2, 0.25) is 0 Å². The monoisotopic (exact) mass is 414 g/mol. The summed E-state index contributed by atoms with van der Waals surface area (Å²) >= 11 is 0. The van der Waals surface area contributed by atoms with Crippen molar-refractivity contribution in [1.82, 2.24) is 5.32 Å². The van der Waals surface area contributed by atoms with Crippen LogP contribution in [0.4, 0.5) is 5.69 Å². The van der Waals surface area contributed by atoms with Crippen molar-refractivity contribution in [2.75, 3.05) is 17.1 Å². The smallest absolute Gasteiger partial charge is 0.241 e. The molecule has 5 nitrogen and oxygen atoms in total. The van der Waals surface area contributed by atoms with Gasteiger partial charge >= 0.3 is 0 Å². The first-order valence-electron chi connectivity index (χ1n) is 10.0. The molecule has 1 aliphatic carbocycles. The maximum Gasteiger partial charge on any atom is 0.241 e. The van der Waals surface area contributed by atoms with Crippen molar-refractivity contribution in [2.45, 2.75) is 53.0 Å². The summed E-state index contributed by atoms with van der Waals surface area (Å²) in [5.74, 6) is -0.317. The number of anilines is 1. The summed E-state index contributed by atoms with van der Waals surface area (Å²) < 4.78 is 26.2. The molecule has 156 valence electrons. The van der Waals surface area contributed by atoms with Crippen LogP contribution in [-0.4, -0.2) is 27.1 Å². The number of carbonyl (C=O) groups is 1. The average molecular weight is 415 g/mol. The first-order chi connectivity index (χ1) is 13.6. The van der Waals surface area contributed by atoms with Crippen LogP contribution in [0.25, 0.3) is 0 Å². The van der Waals surface area contributed by atoms with Crippen molar-refractivity contribution in [1.29, 1.82) is 0 Å². The number of hydrogen-bond acceptors (Lipinski definition) is 3. The van der Waals surface area contributed by atoms with E-state index in [1.54, 1.807) is 0 Å². The highest BCUT2D eigenvalue weighted by atomic mass is 32.2. The molecule has 6 heteroatoms. The number of benzene rings is 2. The lowest BCUT2D eigenvalue weighted by Gasteiger charge is -2.26. The maximum atomic E-state index is 12.8. The molecule has 29 heavy (non-hydrogen) atoms. The highest BCUT2D eigenvalue weighted by Gasteiger charge is 2.25. The zero-order valence-electron chi connectivity index (χ0n) is 17.9. The van der Waals surface area contributed by atoms with Crippen LogP contribution in [0.3, 0.4) is 0 Å². The fraction of sp³-hybridized carbons (Fsp3) is 0.435. The summed E-state index contributed by atoms with van der Waals surface area (Å²) in [5.41, 5.74) is 7.12. The third-order valence-electron chi connectivity index (χ3n) is 5.57. The second-order valence-electron chi connectivity index (χ2n) is 8.19. The van der Waals surface area contributed by atoms with Gasteiger partial charge in [0.2, 0.25) is 15.9 Å². The van der Waals surface area contributed by atoms with E-state index in [1.807, 2.05) is 39.8 Å². The van der Waals surface area contributed by atoms with Crippen molar-refractivity contribution in [3.05, 3.63) is 63.7 Å². The van der Waals surface area contributed by atoms with E-state index in [0.29, 0.717) is 5.69 Å². The molecule has 1 atom stereocenters. The van der Waals surface area contributed by atoms with Crippen molar-refractivity contribution in [2.24, 2.45) is 0 Å². The lowest BCUT2D eigenvalue weighted by Crippen LogP contribution is -2.41. The molecule has 1 unspecified atom stereocenters. The van der Waals surface area contributed by atoms with Crippen LogP contribution >= 0.6 is 0 Å². The minimum atomic E-state index is -3.61. The molecule has 0 aliphatic heterocycles. The molecule has 0 saturated heterocycles. The number of fused-ring (bicyclic) bond motifs is 1. The molecule has 0 bridgehead atoms. The van der Waals surface area contributed by atoms with Gasteiger partial charge in [-0.05, 0) is 74.8 Å². The van der Waals surface area contributed by atoms with Crippen LogP contribution in [0.5, 0.6) is 0 Å². The fourth-order valence-electron chi connectivity index (χ4n) is 4.29. The molecule has 0 heterocycles. The third-order valence-corrected chi connectivity index (χ3v) is 6.68. The Morgan fingerprint density at radius 1 is 1.07 bits per heavy atom. The van der Waals surface area contributed by atoms with Crippen LogP contribution < -0.4 is 9.62 Å². The minimum absolute atomic E-state index is 0.185. The predicted octanol–water partition coefficient (Wildman–Crippen LogP) is 3.74. The highest BCUT2D eigenvalue weighted by Crippen LogP contribution is 2.29. The maximum absolute atomic E-state index is 12.8. The number of carbonyl (C=O) groups excluding carboxylic acids is 1. The summed E-state index contributed by atoms with van der Waals surface area (Å²) in [6.07, 6.45) is 4.52. The van der Waals surface area contributed by atoms with E-state index in [-0.39, 0.29) is 18.5 Å². The van der Waals surface area contributed by atoms with Crippen LogP contribution in [0.15, 0.2) is 30.3 Å². The van der Waals surface area contributed by atoms with Gasteiger partial charge in [0.15, 0.2) is 0 Å². The Labute approximate surface area is 174 Å². The number of nitrogens with zero attached hydrogens (tertiary/aromatic N) is 1. The number of nitrogens with one attached hydrogen (secondary N) is 1. The van der Waals surface area contributed by atoms with Gasteiger partial charge in [0.25, 0.3) is 0 Å². The summed E-state index contributed by atoms with van der Waals surface area (Å²) in [6, 6.07) is 10.0. The van der Waals surface area contributed by atoms with E-state index in [9.17, 15) is 13.2 Å². The first-order valence-corrected chi connectivity index (χ1v) is 11.9. The van der Waals surface area contributed by atoms with Crippen molar-refractivity contribution >= 4 is 21.6 Å². The SMILES string of the molecule is Cc1cc(C)c(N(CC(=O)NC(C)c2ccc3c(c2)CCC3)S(C)(=O)=O)c(C)c1. The lowest BCUT2D eigenvalue weighted by atomic mass is 10.0. The number of rotatable bonds is 6. The number of aryl methyl sites for hydroxylation is 5. The molecule has 1 N–H and O–H groups in total. The normalized spacial score (nSPS) is 14.4. The molecular weight excluding hydrogens is 384 g/mol. The van der Waals surface area contributed by atoms with Gasteiger partial charge in [0, 0.05) is 0 Å². The summed E-state index contributed by atoms with van der Waals surface area (Å²) in [4.78, 5) is 12.8. The average Bonchev–Trinajstić information content (AvgIpc) is 3.06. The standard InChI is InChI=1S/C23H30N2O3S/c1-15-11-16(2)23(17(3)12-15)25(29(5,27)28)14-22(26)24-18(4)20-10-9-19-7-6-8-21(19)13-20/h9-13,18H,6-8,14H2,1-5H3,(H,24,26). The molecule has 0 saturated carbocycles. The number of amides is 1. The number of sulfonamides is 1. The summed E-state index contributed by atoms with van der Waals surface area (Å²) in [7, 11) is -3.61. The van der Waals surface area contributed by atoms with Gasteiger partial charge in [-0.25, -0.2) is 8.42 Å². The van der Waals surface area contributed by atoms with E-state index < -0.39 is 10.0 Å². The summed E-state index contributed by atoms with van der Waals surface area (Å²) in [6.45, 7) is 7.41. The van der Waals surface area contributed by atoms with Gasteiger partial charge in [-0.2, -0.15) is 0 Å². The molecule has 0 fully saturated rings. The fourth-order valence-corrected chi connectivity index (χ4v) is 5.26. The second-order valence-corrected chi connectivity index (χ2v) is 10.1. The van der Waals surface area contributed by atoms with E-state index in [1.165, 1.54) is 21.9 Å². The van der Waals surface area contributed by atoms with Crippen molar-refractivity contribution in [3.8, 4) is 0 Å². The zero-order chi connectivity index (χ0) is 21.3. The topological polar surface area (TPSA) is 66.5 Å². The molecule has 0 spiro atoms. The minimum Gasteiger partial charge on any atom is -0.348 e. The van der Waals surface area contributed by atoms with Gasteiger partial charge in [0.05, 0.1) is 18.0 Å². The van der Waals surface area contributed by atoms with Crippen LogP contribution in [0, 0.1) is 20.8 Å². The van der Waals surface area contributed by atoms with Crippen LogP contribution in [-0.2, 0) is 27.7 Å². The predicted molar refractivity (Wildman–Crippen MR) is 118 cm³/mol. The molecular formula is C23H30N2O3S. The Morgan fingerprint density at radius 2 is 1.69 bits per heavy atom. The molecule has 2 aromatic carbocycles.